The highest BCUT2D eigenvalue weighted by Gasteiger charge is 2.28. The van der Waals surface area contributed by atoms with Crippen LogP contribution in [0.2, 0.25) is 0 Å². The molecule has 0 unspecified atom stereocenters. The van der Waals surface area contributed by atoms with Gasteiger partial charge in [-0.3, -0.25) is 4.90 Å². The van der Waals surface area contributed by atoms with E-state index in [4.69, 9.17) is 4.74 Å². The van der Waals surface area contributed by atoms with Gasteiger partial charge in [0.05, 0.1) is 6.61 Å². The summed E-state index contributed by atoms with van der Waals surface area (Å²) in [4.78, 5) is 7.55. The van der Waals surface area contributed by atoms with E-state index in [0.29, 0.717) is 6.04 Å². The molecule has 4 heteroatoms. The molecule has 3 nitrogen and oxygen atoms in total. The fraction of sp³-hybridized carbons (Fsp3) is 0.600. The van der Waals surface area contributed by atoms with Crippen LogP contribution in [0.15, 0.2) is 29.3 Å². The lowest BCUT2D eigenvalue weighted by atomic mass is 9.99. The van der Waals surface area contributed by atoms with Crippen LogP contribution < -0.4 is 0 Å². The van der Waals surface area contributed by atoms with Gasteiger partial charge >= 0.3 is 0 Å². The molecule has 2 saturated heterocycles. The minimum atomic E-state index is 0.698. The maximum absolute atomic E-state index is 5.68. The van der Waals surface area contributed by atoms with Crippen molar-refractivity contribution in [3.8, 4) is 0 Å². The second kappa shape index (κ2) is 7.51. The van der Waals surface area contributed by atoms with Crippen LogP contribution in [0.4, 0.5) is 0 Å². The Morgan fingerprint density at radius 3 is 3.08 bits per heavy atom. The predicted octanol–water partition coefficient (Wildman–Crippen LogP) is 4.32. The number of thioether (sulfide) groups is 1. The van der Waals surface area contributed by atoms with Crippen LogP contribution in [-0.2, 0) is 11.2 Å². The molecule has 2 aliphatic rings. The first kappa shape index (κ1) is 16.5. The number of nitrogens with zero attached hydrogens (tertiary/aromatic N) is 1. The van der Waals surface area contributed by atoms with Gasteiger partial charge in [-0.15, -0.1) is 11.8 Å². The number of rotatable bonds is 5. The molecule has 4 rings (SSSR count). The molecule has 2 aromatic rings. The Labute approximate surface area is 149 Å². The summed E-state index contributed by atoms with van der Waals surface area (Å²) in [6.07, 6.45) is 10.8. The summed E-state index contributed by atoms with van der Waals surface area (Å²) in [6, 6.07) is 7.47. The zero-order valence-corrected chi connectivity index (χ0v) is 15.4. The SMILES string of the molecule is CSc1ccc2[nH]cc(C[C@H]3CCCN3C[C@H]3CCCOC3)c2c1. The third kappa shape index (κ3) is 3.51. The lowest BCUT2D eigenvalue weighted by Gasteiger charge is -2.31. The van der Waals surface area contributed by atoms with Gasteiger partial charge in [-0.25, -0.2) is 0 Å². The van der Waals surface area contributed by atoms with Crippen molar-refractivity contribution in [2.75, 3.05) is 32.6 Å². The summed E-state index contributed by atoms with van der Waals surface area (Å²) < 4.78 is 5.68. The normalized spacial score (nSPS) is 25.5. The molecule has 0 spiro atoms. The van der Waals surface area contributed by atoms with Gasteiger partial charge in [-0.05, 0) is 74.6 Å². The highest BCUT2D eigenvalue weighted by atomic mass is 32.2. The lowest BCUT2D eigenvalue weighted by molar-refractivity contribution is 0.0366. The van der Waals surface area contributed by atoms with Crippen molar-refractivity contribution in [3.05, 3.63) is 30.0 Å². The van der Waals surface area contributed by atoms with Crippen LogP contribution in [-0.4, -0.2) is 48.5 Å². The summed E-state index contributed by atoms with van der Waals surface area (Å²) in [5.41, 5.74) is 2.76. The molecule has 1 aromatic heterocycles. The highest BCUT2D eigenvalue weighted by molar-refractivity contribution is 7.98. The van der Waals surface area contributed by atoms with E-state index in [1.54, 1.807) is 0 Å². The topological polar surface area (TPSA) is 28.3 Å². The van der Waals surface area contributed by atoms with E-state index in [2.05, 4.69) is 40.5 Å². The van der Waals surface area contributed by atoms with Gasteiger partial charge in [-0.1, -0.05) is 0 Å². The molecule has 3 heterocycles. The van der Waals surface area contributed by atoms with Crippen molar-refractivity contribution in [2.24, 2.45) is 5.92 Å². The quantitative estimate of drug-likeness (QED) is 0.819. The number of hydrogen-bond donors (Lipinski definition) is 1. The van der Waals surface area contributed by atoms with Crippen LogP contribution in [0.25, 0.3) is 10.9 Å². The van der Waals surface area contributed by atoms with Crippen LogP contribution in [0.1, 0.15) is 31.2 Å². The maximum Gasteiger partial charge on any atom is 0.0506 e. The molecule has 1 aromatic carbocycles. The summed E-state index contributed by atoms with van der Waals surface area (Å²) in [6.45, 7) is 4.42. The number of benzene rings is 1. The van der Waals surface area contributed by atoms with Crippen molar-refractivity contribution in [1.29, 1.82) is 0 Å². The Bertz CT molecular complexity index is 677. The number of aromatic nitrogens is 1. The molecule has 0 saturated carbocycles. The molecule has 1 N–H and O–H groups in total. The van der Waals surface area contributed by atoms with Crippen molar-refractivity contribution < 1.29 is 4.74 Å². The summed E-state index contributed by atoms with van der Waals surface area (Å²) in [5.74, 6) is 0.741. The molecule has 0 amide bonds. The first-order valence-corrected chi connectivity index (χ1v) is 10.5. The first-order chi connectivity index (χ1) is 11.8. The van der Waals surface area contributed by atoms with E-state index in [1.807, 2.05) is 11.8 Å². The van der Waals surface area contributed by atoms with Gasteiger partial charge in [-0.2, -0.15) is 0 Å². The molecule has 0 radical (unpaired) electrons. The van der Waals surface area contributed by atoms with E-state index in [0.717, 1.165) is 19.1 Å². The van der Waals surface area contributed by atoms with Gasteiger partial charge in [0.1, 0.15) is 0 Å². The largest absolute Gasteiger partial charge is 0.381 e. The Kier molecular flexibility index (Phi) is 5.16. The zero-order valence-electron chi connectivity index (χ0n) is 14.6. The third-order valence-corrected chi connectivity index (χ3v) is 6.40. The fourth-order valence-corrected chi connectivity index (χ4v) is 4.80. The van der Waals surface area contributed by atoms with E-state index >= 15 is 0 Å². The van der Waals surface area contributed by atoms with E-state index in [-0.39, 0.29) is 0 Å². The monoisotopic (exact) mass is 344 g/mol. The van der Waals surface area contributed by atoms with Crippen LogP contribution in [0, 0.1) is 5.92 Å². The number of ether oxygens (including phenoxy) is 1. The van der Waals surface area contributed by atoms with Gasteiger partial charge in [0, 0.05) is 41.2 Å². The van der Waals surface area contributed by atoms with Gasteiger partial charge in [0.15, 0.2) is 0 Å². The molecule has 2 fully saturated rings. The number of aromatic amines is 1. The highest BCUT2D eigenvalue weighted by Crippen LogP contribution is 2.29. The Morgan fingerprint density at radius 2 is 2.25 bits per heavy atom. The molecule has 0 bridgehead atoms. The van der Waals surface area contributed by atoms with Crippen molar-refractivity contribution in [3.63, 3.8) is 0 Å². The third-order valence-electron chi connectivity index (χ3n) is 5.68. The standard InChI is InChI=1S/C20H28N2OS/c1-24-18-6-7-20-19(11-18)16(12-21-20)10-17-5-2-8-22(17)13-15-4-3-9-23-14-15/h6-7,11-12,15,17,21H,2-5,8-10,13-14H2,1H3/t15-,17-/m1/s1. The molecular weight excluding hydrogens is 316 g/mol. The van der Waals surface area contributed by atoms with E-state index in [1.165, 1.54) is 66.6 Å². The van der Waals surface area contributed by atoms with Crippen LogP contribution in [0.3, 0.4) is 0 Å². The summed E-state index contributed by atoms with van der Waals surface area (Å²) in [7, 11) is 0. The summed E-state index contributed by atoms with van der Waals surface area (Å²) >= 11 is 1.82. The van der Waals surface area contributed by atoms with Gasteiger partial charge in [0.2, 0.25) is 0 Å². The van der Waals surface area contributed by atoms with E-state index < -0.39 is 0 Å². The predicted molar refractivity (Wildman–Crippen MR) is 102 cm³/mol. The second-order valence-electron chi connectivity index (χ2n) is 7.30. The fourth-order valence-electron chi connectivity index (χ4n) is 4.36. The van der Waals surface area contributed by atoms with Crippen molar-refractivity contribution in [2.45, 2.75) is 43.0 Å². The first-order valence-electron chi connectivity index (χ1n) is 9.29. The smallest absolute Gasteiger partial charge is 0.0506 e. The minimum Gasteiger partial charge on any atom is -0.381 e. The number of nitrogens with one attached hydrogen (secondary N) is 1. The van der Waals surface area contributed by atoms with Gasteiger partial charge < -0.3 is 9.72 Å². The second-order valence-corrected chi connectivity index (χ2v) is 8.18. The van der Waals surface area contributed by atoms with Gasteiger partial charge in [0.25, 0.3) is 0 Å². The van der Waals surface area contributed by atoms with E-state index in [9.17, 15) is 0 Å². The minimum absolute atomic E-state index is 0.698. The Balaban J connectivity index is 1.47. The molecule has 0 aliphatic carbocycles. The number of likely N-dealkylation sites (tertiary alicyclic amines) is 1. The number of fused-ring (bicyclic) bond motifs is 1. The Hall–Kier alpha value is -0.970. The van der Waals surface area contributed by atoms with Crippen LogP contribution >= 0.6 is 11.8 Å². The molecule has 2 atom stereocenters. The molecular formula is C20H28N2OS. The number of hydrogen-bond acceptors (Lipinski definition) is 3. The lowest BCUT2D eigenvalue weighted by Crippen LogP contribution is -2.37. The molecule has 130 valence electrons. The molecule has 2 aliphatic heterocycles. The summed E-state index contributed by atoms with van der Waals surface area (Å²) in [5, 5.41) is 1.41. The Morgan fingerprint density at radius 1 is 1.29 bits per heavy atom. The molecule has 24 heavy (non-hydrogen) atoms. The average Bonchev–Trinajstić information content (AvgIpc) is 3.23. The maximum atomic E-state index is 5.68. The number of H-pyrrole nitrogens is 1. The van der Waals surface area contributed by atoms with Crippen molar-refractivity contribution in [1.82, 2.24) is 9.88 Å². The average molecular weight is 345 g/mol. The van der Waals surface area contributed by atoms with Crippen LogP contribution in [0.5, 0.6) is 0 Å². The van der Waals surface area contributed by atoms with Crippen molar-refractivity contribution >= 4 is 22.7 Å². The zero-order chi connectivity index (χ0) is 16.4.